The van der Waals surface area contributed by atoms with Crippen LogP contribution in [0.5, 0.6) is 0 Å². The van der Waals surface area contributed by atoms with Gasteiger partial charge in [0.1, 0.15) is 15.7 Å². The van der Waals surface area contributed by atoms with Gasteiger partial charge in [-0.15, -0.1) is 0 Å². The maximum Gasteiger partial charge on any atom is 0.226 e. The zero-order valence-corrected chi connectivity index (χ0v) is 15.1. The summed E-state index contributed by atoms with van der Waals surface area (Å²) < 4.78 is 42.5. The van der Waals surface area contributed by atoms with Crippen molar-refractivity contribution in [2.45, 2.75) is 40.0 Å². The Morgan fingerprint density at radius 1 is 1.25 bits per heavy atom. The zero-order chi connectivity index (χ0) is 17.7. The number of aromatic nitrogens is 2. The van der Waals surface area contributed by atoms with Crippen LogP contribution in [0.4, 0.5) is 4.39 Å². The number of aryl methyl sites for hydroxylation is 2. The second-order valence-electron chi connectivity index (χ2n) is 6.41. The fourth-order valence-corrected chi connectivity index (χ4v) is 3.79. The minimum absolute atomic E-state index is 0.108. The summed E-state index contributed by atoms with van der Waals surface area (Å²) >= 11 is 0. The average Bonchev–Trinajstić information content (AvgIpc) is 2.97. The highest BCUT2D eigenvalue weighted by Gasteiger charge is 2.14. The second kappa shape index (κ2) is 7.88. The first-order valence-corrected chi connectivity index (χ1v) is 9.88. The van der Waals surface area contributed by atoms with Crippen molar-refractivity contribution in [2.24, 2.45) is 5.92 Å². The van der Waals surface area contributed by atoms with Gasteiger partial charge in [-0.2, -0.15) is 4.98 Å². The van der Waals surface area contributed by atoms with Crippen molar-refractivity contribution in [3.63, 3.8) is 0 Å². The lowest BCUT2D eigenvalue weighted by Crippen LogP contribution is -2.13. The second-order valence-corrected chi connectivity index (χ2v) is 8.72. The fraction of sp³-hybridized carbons (Fsp3) is 0.529. The maximum absolute atomic E-state index is 13.6. The van der Waals surface area contributed by atoms with Crippen molar-refractivity contribution in [1.29, 1.82) is 0 Å². The minimum Gasteiger partial charge on any atom is -0.339 e. The molecule has 1 heterocycles. The molecule has 0 atom stereocenters. The molecule has 1 aromatic carbocycles. The summed E-state index contributed by atoms with van der Waals surface area (Å²) in [6.07, 6.45) is 1.50. The SMILES string of the molecule is Cc1ccc(-c2noc(CCCS(=O)(=O)CCC(C)C)n2)cc1F. The van der Waals surface area contributed by atoms with E-state index in [4.69, 9.17) is 4.52 Å². The molecule has 0 bridgehead atoms. The standard InChI is InChI=1S/C17H23FN2O3S/c1-12(2)8-10-24(21,22)9-4-5-16-19-17(20-23-16)14-7-6-13(3)15(18)11-14/h6-7,11-12H,4-5,8-10H2,1-3H3. The molecule has 0 saturated heterocycles. The summed E-state index contributed by atoms with van der Waals surface area (Å²) in [6.45, 7) is 5.69. The molecular weight excluding hydrogens is 331 g/mol. The van der Waals surface area contributed by atoms with Crippen LogP contribution in [0.2, 0.25) is 0 Å². The number of nitrogens with zero attached hydrogens (tertiary/aromatic N) is 2. The molecule has 0 spiro atoms. The van der Waals surface area contributed by atoms with Gasteiger partial charge < -0.3 is 4.52 Å². The topological polar surface area (TPSA) is 73.1 Å². The predicted molar refractivity (Wildman–Crippen MR) is 90.9 cm³/mol. The Morgan fingerprint density at radius 3 is 2.67 bits per heavy atom. The molecule has 7 heteroatoms. The van der Waals surface area contributed by atoms with E-state index in [0.29, 0.717) is 48.0 Å². The average molecular weight is 354 g/mol. The predicted octanol–water partition coefficient (Wildman–Crippen LogP) is 3.58. The van der Waals surface area contributed by atoms with Crippen LogP contribution in [0.1, 0.15) is 38.1 Å². The summed E-state index contributed by atoms with van der Waals surface area (Å²) in [6, 6.07) is 4.74. The Morgan fingerprint density at radius 2 is 2.00 bits per heavy atom. The molecule has 2 aromatic rings. The van der Waals surface area contributed by atoms with Crippen molar-refractivity contribution in [1.82, 2.24) is 10.1 Å². The van der Waals surface area contributed by atoms with Crippen LogP contribution in [-0.2, 0) is 16.3 Å². The van der Waals surface area contributed by atoms with Gasteiger partial charge in [0, 0.05) is 12.0 Å². The zero-order valence-electron chi connectivity index (χ0n) is 14.3. The van der Waals surface area contributed by atoms with E-state index in [9.17, 15) is 12.8 Å². The quantitative estimate of drug-likeness (QED) is 0.724. The molecule has 0 fully saturated rings. The Balaban J connectivity index is 1.91. The third-order valence-corrected chi connectivity index (χ3v) is 5.52. The molecule has 0 saturated carbocycles. The van der Waals surface area contributed by atoms with Crippen LogP contribution >= 0.6 is 0 Å². The van der Waals surface area contributed by atoms with E-state index >= 15 is 0 Å². The number of benzene rings is 1. The van der Waals surface area contributed by atoms with Crippen molar-refractivity contribution in [3.05, 3.63) is 35.5 Å². The fourth-order valence-electron chi connectivity index (χ4n) is 2.17. The third-order valence-electron chi connectivity index (χ3n) is 3.75. The smallest absolute Gasteiger partial charge is 0.226 e. The van der Waals surface area contributed by atoms with E-state index < -0.39 is 9.84 Å². The molecule has 0 amide bonds. The van der Waals surface area contributed by atoms with Gasteiger partial charge in [0.2, 0.25) is 11.7 Å². The summed E-state index contributed by atoms with van der Waals surface area (Å²) in [5, 5.41) is 3.83. The van der Waals surface area contributed by atoms with Gasteiger partial charge in [0.25, 0.3) is 0 Å². The molecule has 0 aliphatic rings. The monoisotopic (exact) mass is 354 g/mol. The number of rotatable bonds is 8. The van der Waals surface area contributed by atoms with Crippen LogP contribution in [-0.4, -0.2) is 30.1 Å². The third kappa shape index (κ3) is 5.40. The van der Waals surface area contributed by atoms with Crippen molar-refractivity contribution in [2.75, 3.05) is 11.5 Å². The lowest BCUT2D eigenvalue weighted by molar-refractivity contribution is 0.378. The Kier molecular flexibility index (Phi) is 6.10. The molecule has 5 nitrogen and oxygen atoms in total. The molecular formula is C17H23FN2O3S. The van der Waals surface area contributed by atoms with Gasteiger partial charge >= 0.3 is 0 Å². The van der Waals surface area contributed by atoms with E-state index in [2.05, 4.69) is 10.1 Å². The van der Waals surface area contributed by atoms with Crippen LogP contribution in [0.15, 0.2) is 22.7 Å². The van der Waals surface area contributed by atoms with Crippen molar-refractivity contribution >= 4 is 9.84 Å². The summed E-state index contributed by atoms with van der Waals surface area (Å²) in [5.41, 5.74) is 1.09. The van der Waals surface area contributed by atoms with E-state index in [1.165, 1.54) is 6.07 Å². The summed E-state index contributed by atoms with van der Waals surface area (Å²) in [4.78, 5) is 4.21. The number of hydrogen-bond donors (Lipinski definition) is 0. The van der Waals surface area contributed by atoms with Gasteiger partial charge in [-0.1, -0.05) is 31.1 Å². The molecule has 24 heavy (non-hydrogen) atoms. The van der Waals surface area contributed by atoms with Crippen molar-refractivity contribution in [3.8, 4) is 11.4 Å². The molecule has 2 rings (SSSR count). The van der Waals surface area contributed by atoms with Gasteiger partial charge in [-0.05, 0) is 37.3 Å². The lowest BCUT2D eigenvalue weighted by atomic mass is 10.1. The first kappa shape index (κ1) is 18.6. The minimum atomic E-state index is -3.04. The van der Waals surface area contributed by atoms with E-state index in [1.807, 2.05) is 13.8 Å². The number of halogens is 1. The van der Waals surface area contributed by atoms with E-state index in [0.717, 1.165) is 0 Å². The first-order chi connectivity index (χ1) is 11.3. The molecule has 0 unspecified atom stereocenters. The highest BCUT2D eigenvalue weighted by Crippen LogP contribution is 2.19. The summed E-state index contributed by atoms with van der Waals surface area (Å²) in [7, 11) is -3.04. The van der Waals surface area contributed by atoms with Crippen LogP contribution < -0.4 is 0 Å². The Hall–Kier alpha value is -1.76. The molecule has 0 aliphatic carbocycles. The van der Waals surface area contributed by atoms with Gasteiger partial charge in [0.05, 0.1) is 11.5 Å². The van der Waals surface area contributed by atoms with E-state index in [1.54, 1.807) is 19.1 Å². The Bertz CT molecular complexity index is 785. The van der Waals surface area contributed by atoms with Gasteiger partial charge in [-0.3, -0.25) is 0 Å². The van der Waals surface area contributed by atoms with E-state index in [-0.39, 0.29) is 17.3 Å². The van der Waals surface area contributed by atoms with Crippen LogP contribution in [0, 0.1) is 18.7 Å². The van der Waals surface area contributed by atoms with Crippen LogP contribution in [0.3, 0.4) is 0 Å². The molecule has 0 radical (unpaired) electrons. The number of sulfone groups is 1. The largest absolute Gasteiger partial charge is 0.339 e. The molecule has 1 aromatic heterocycles. The molecule has 0 N–H and O–H groups in total. The molecule has 132 valence electrons. The van der Waals surface area contributed by atoms with Gasteiger partial charge in [-0.25, -0.2) is 12.8 Å². The molecule has 0 aliphatic heterocycles. The van der Waals surface area contributed by atoms with Gasteiger partial charge in [0.15, 0.2) is 0 Å². The maximum atomic E-state index is 13.6. The Labute approximate surface area is 142 Å². The summed E-state index contributed by atoms with van der Waals surface area (Å²) in [5.74, 6) is 1.04. The highest BCUT2D eigenvalue weighted by atomic mass is 32.2. The van der Waals surface area contributed by atoms with Crippen LogP contribution in [0.25, 0.3) is 11.4 Å². The lowest BCUT2D eigenvalue weighted by Gasteiger charge is -2.05. The highest BCUT2D eigenvalue weighted by molar-refractivity contribution is 7.91. The van der Waals surface area contributed by atoms with Crippen molar-refractivity contribution < 1.29 is 17.3 Å². The number of hydrogen-bond acceptors (Lipinski definition) is 5. The first-order valence-electron chi connectivity index (χ1n) is 8.06. The normalized spacial score (nSPS) is 12.0.